The molecule has 6 heteroatoms. The van der Waals surface area contributed by atoms with E-state index in [0.29, 0.717) is 5.39 Å². The van der Waals surface area contributed by atoms with Crippen molar-refractivity contribution in [3.8, 4) is 11.5 Å². The van der Waals surface area contributed by atoms with E-state index in [-0.39, 0.29) is 24.3 Å². The van der Waals surface area contributed by atoms with Gasteiger partial charge in [0.2, 0.25) is 6.79 Å². The second kappa shape index (κ2) is 6.35. The van der Waals surface area contributed by atoms with E-state index < -0.39 is 0 Å². The maximum absolute atomic E-state index is 13.5. The van der Waals surface area contributed by atoms with Crippen LogP contribution in [0.2, 0.25) is 0 Å². The first-order valence-electron chi connectivity index (χ1n) is 9.95. The van der Waals surface area contributed by atoms with Gasteiger partial charge in [0.1, 0.15) is 0 Å². The second-order valence-electron chi connectivity index (χ2n) is 7.63. The summed E-state index contributed by atoms with van der Waals surface area (Å²) in [7, 11) is 0. The van der Waals surface area contributed by atoms with E-state index in [1.807, 2.05) is 54.6 Å². The van der Waals surface area contributed by atoms with Crippen LogP contribution in [0.4, 0.5) is 5.69 Å². The van der Waals surface area contributed by atoms with Gasteiger partial charge in [-0.15, -0.1) is 0 Å². The highest BCUT2D eigenvalue weighted by Gasteiger charge is 2.40. The first-order chi connectivity index (χ1) is 14.7. The molecule has 2 aromatic carbocycles. The summed E-state index contributed by atoms with van der Waals surface area (Å²) in [4.78, 5) is 23.5. The van der Waals surface area contributed by atoms with Crippen molar-refractivity contribution in [1.82, 2.24) is 9.97 Å². The van der Waals surface area contributed by atoms with Crippen LogP contribution in [0.25, 0.3) is 10.9 Å². The lowest BCUT2D eigenvalue weighted by Gasteiger charge is -2.31. The number of anilines is 1. The molecule has 0 bridgehead atoms. The van der Waals surface area contributed by atoms with Crippen LogP contribution in [-0.4, -0.2) is 16.8 Å². The van der Waals surface area contributed by atoms with Gasteiger partial charge in [-0.2, -0.15) is 0 Å². The molecular formula is C24H19N3O3. The molecule has 0 fully saturated rings. The van der Waals surface area contributed by atoms with E-state index in [9.17, 15) is 4.79 Å². The highest BCUT2D eigenvalue weighted by Crippen LogP contribution is 2.47. The predicted octanol–water partition coefficient (Wildman–Crippen LogP) is 4.32. The number of ether oxygens (including phenoxy) is 2. The van der Waals surface area contributed by atoms with Crippen molar-refractivity contribution in [2.45, 2.75) is 19.0 Å². The monoisotopic (exact) mass is 397 g/mol. The number of hydrogen-bond donors (Lipinski definition) is 1. The third kappa shape index (κ3) is 2.37. The zero-order valence-corrected chi connectivity index (χ0v) is 16.3. The minimum atomic E-state index is -0.163. The molecule has 0 saturated carbocycles. The van der Waals surface area contributed by atoms with Crippen LogP contribution < -0.4 is 19.8 Å². The van der Waals surface area contributed by atoms with Crippen LogP contribution in [0.3, 0.4) is 0 Å². The maximum atomic E-state index is 13.5. The van der Waals surface area contributed by atoms with Gasteiger partial charge < -0.3 is 19.4 Å². The molecule has 0 saturated heterocycles. The molecule has 30 heavy (non-hydrogen) atoms. The Hall–Kier alpha value is -3.80. The molecule has 4 heterocycles. The number of para-hydroxylation sites is 1. The van der Waals surface area contributed by atoms with E-state index in [2.05, 4.69) is 21.8 Å². The van der Waals surface area contributed by atoms with Crippen LogP contribution in [0.1, 0.15) is 35.8 Å². The fourth-order valence-electron chi connectivity index (χ4n) is 4.70. The number of aromatic nitrogens is 2. The molecule has 2 aromatic heterocycles. The third-order valence-electron chi connectivity index (χ3n) is 6.04. The Bertz CT molecular complexity index is 1330. The number of nitrogens with one attached hydrogen (secondary N) is 1. The Morgan fingerprint density at radius 3 is 2.70 bits per heavy atom. The van der Waals surface area contributed by atoms with Crippen LogP contribution in [-0.2, 0) is 0 Å². The molecule has 2 aliphatic heterocycles. The van der Waals surface area contributed by atoms with Gasteiger partial charge >= 0.3 is 0 Å². The summed E-state index contributed by atoms with van der Waals surface area (Å²) in [5.41, 5.74) is 4.68. The van der Waals surface area contributed by atoms with Gasteiger partial charge in [-0.05, 0) is 48.9 Å². The van der Waals surface area contributed by atoms with Gasteiger partial charge in [-0.3, -0.25) is 9.78 Å². The first-order valence-corrected chi connectivity index (χ1v) is 9.95. The molecule has 0 spiro atoms. The third-order valence-corrected chi connectivity index (χ3v) is 6.04. The minimum Gasteiger partial charge on any atom is -0.454 e. The van der Waals surface area contributed by atoms with Crippen molar-refractivity contribution in [2.75, 3.05) is 11.7 Å². The number of aromatic amines is 1. The zero-order valence-electron chi connectivity index (χ0n) is 16.3. The Kier molecular flexibility index (Phi) is 3.62. The van der Waals surface area contributed by atoms with Gasteiger partial charge in [0.25, 0.3) is 0 Å². The molecule has 1 N–H and O–H groups in total. The predicted molar refractivity (Wildman–Crippen MR) is 114 cm³/mol. The summed E-state index contributed by atoms with van der Waals surface area (Å²) >= 11 is 0. The van der Waals surface area contributed by atoms with Crippen LogP contribution in [0, 0.1) is 0 Å². The molecule has 6 nitrogen and oxygen atoms in total. The maximum Gasteiger partial charge on any atom is 0.231 e. The smallest absolute Gasteiger partial charge is 0.231 e. The summed E-state index contributed by atoms with van der Waals surface area (Å²) in [6.45, 7) is 2.31. The molecule has 0 amide bonds. The Morgan fingerprint density at radius 2 is 1.83 bits per heavy atom. The van der Waals surface area contributed by atoms with Crippen molar-refractivity contribution in [3.63, 3.8) is 0 Å². The molecule has 2 atom stereocenters. The van der Waals surface area contributed by atoms with Crippen LogP contribution in [0.5, 0.6) is 11.5 Å². The first kappa shape index (κ1) is 17.1. The van der Waals surface area contributed by atoms with Gasteiger partial charge in [-0.25, -0.2) is 0 Å². The van der Waals surface area contributed by atoms with Crippen molar-refractivity contribution >= 4 is 16.6 Å². The van der Waals surface area contributed by atoms with Crippen LogP contribution >= 0.6 is 0 Å². The van der Waals surface area contributed by atoms with Gasteiger partial charge in [-0.1, -0.05) is 18.2 Å². The van der Waals surface area contributed by atoms with E-state index in [1.54, 1.807) is 12.4 Å². The zero-order chi connectivity index (χ0) is 20.2. The standard InChI is InChI=1S/C24H19N3O3/c1-14-21-22(26-18-5-3-2-4-17(18)24(21)28)23(27(14)16-8-10-25-11-9-16)15-6-7-19-20(12-15)30-13-29-19/h2-12,14,23H,13H2,1H3,(H,26,28). The lowest BCUT2D eigenvalue weighted by molar-refractivity contribution is 0.174. The normalized spacial score (nSPS) is 19.3. The fourth-order valence-corrected chi connectivity index (χ4v) is 4.70. The van der Waals surface area contributed by atoms with Crippen molar-refractivity contribution in [1.29, 1.82) is 0 Å². The Balaban J connectivity index is 1.63. The molecule has 2 aliphatic rings. The SMILES string of the molecule is CC1c2c([nH]c3ccccc3c2=O)C(c2ccc3c(c2)OCO3)N1c1ccncc1. The van der Waals surface area contributed by atoms with Crippen LogP contribution in [0.15, 0.2) is 71.8 Å². The van der Waals surface area contributed by atoms with E-state index in [1.165, 1.54) is 0 Å². The fraction of sp³-hybridized carbons (Fsp3) is 0.167. The minimum absolute atomic E-state index is 0.0779. The number of nitrogens with zero attached hydrogens (tertiary/aromatic N) is 2. The number of hydrogen-bond acceptors (Lipinski definition) is 5. The summed E-state index contributed by atoms with van der Waals surface area (Å²) < 4.78 is 11.1. The van der Waals surface area contributed by atoms with Crippen molar-refractivity contribution in [3.05, 3.63) is 94.0 Å². The molecule has 4 aromatic rings. The molecular weight excluding hydrogens is 378 g/mol. The van der Waals surface area contributed by atoms with Gasteiger partial charge in [0.15, 0.2) is 16.9 Å². The van der Waals surface area contributed by atoms with E-state index in [4.69, 9.17) is 9.47 Å². The molecule has 6 rings (SSSR count). The Morgan fingerprint density at radius 1 is 1.03 bits per heavy atom. The topological polar surface area (TPSA) is 67.5 Å². The molecule has 0 aliphatic carbocycles. The number of pyridine rings is 2. The molecule has 148 valence electrons. The number of fused-ring (bicyclic) bond motifs is 3. The lowest BCUT2D eigenvalue weighted by Crippen LogP contribution is -2.26. The number of H-pyrrole nitrogens is 1. The molecule has 0 radical (unpaired) electrons. The summed E-state index contributed by atoms with van der Waals surface area (Å²) in [5.74, 6) is 1.47. The average molecular weight is 397 g/mol. The quantitative estimate of drug-likeness (QED) is 0.546. The van der Waals surface area contributed by atoms with Crippen molar-refractivity contribution < 1.29 is 9.47 Å². The van der Waals surface area contributed by atoms with Gasteiger partial charge in [0.05, 0.1) is 17.8 Å². The second-order valence-corrected chi connectivity index (χ2v) is 7.63. The molecule has 2 unspecified atom stereocenters. The largest absolute Gasteiger partial charge is 0.454 e. The highest BCUT2D eigenvalue weighted by atomic mass is 16.7. The summed E-state index contributed by atoms with van der Waals surface area (Å²) in [6.07, 6.45) is 3.56. The van der Waals surface area contributed by atoms with Gasteiger partial charge in [0, 0.05) is 34.5 Å². The Labute approximate surface area is 172 Å². The number of benzene rings is 2. The summed E-state index contributed by atoms with van der Waals surface area (Å²) in [6, 6.07) is 17.4. The lowest BCUT2D eigenvalue weighted by atomic mass is 10.00. The summed E-state index contributed by atoms with van der Waals surface area (Å²) in [5, 5.41) is 0.712. The number of rotatable bonds is 2. The average Bonchev–Trinajstić information content (AvgIpc) is 3.36. The van der Waals surface area contributed by atoms with E-state index in [0.717, 1.165) is 39.5 Å². The highest BCUT2D eigenvalue weighted by molar-refractivity contribution is 5.81. The van der Waals surface area contributed by atoms with Crippen molar-refractivity contribution in [2.24, 2.45) is 0 Å². The van der Waals surface area contributed by atoms with E-state index >= 15 is 0 Å².